The summed E-state index contributed by atoms with van der Waals surface area (Å²) in [6.45, 7) is 3.84. The average molecular weight is 467 g/mol. The molecule has 1 atom stereocenters. The van der Waals surface area contributed by atoms with Crippen molar-refractivity contribution in [1.82, 2.24) is 4.90 Å². The molecule has 0 spiro atoms. The number of benzene rings is 1. The molecule has 5 nitrogen and oxygen atoms in total. The summed E-state index contributed by atoms with van der Waals surface area (Å²) in [5.41, 5.74) is 2.11. The van der Waals surface area contributed by atoms with Gasteiger partial charge in [0.25, 0.3) is 11.8 Å². The Morgan fingerprint density at radius 2 is 2.11 bits per heavy atom. The van der Waals surface area contributed by atoms with E-state index in [1.54, 1.807) is 9.80 Å². The van der Waals surface area contributed by atoms with Crippen molar-refractivity contribution < 1.29 is 14.3 Å². The van der Waals surface area contributed by atoms with Gasteiger partial charge in [-0.25, -0.2) is 0 Å². The molecular formula is C19H19BrN2O3S2. The molecule has 2 amide bonds. The Labute approximate surface area is 176 Å². The molecule has 0 aromatic heterocycles. The lowest BCUT2D eigenvalue weighted by molar-refractivity contribution is -0.123. The Morgan fingerprint density at radius 1 is 1.30 bits per heavy atom. The van der Waals surface area contributed by atoms with Gasteiger partial charge < -0.3 is 9.64 Å². The number of carbonyl (C=O) groups is 2. The number of fused-ring (bicyclic) bond motifs is 1. The lowest BCUT2D eigenvalue weighted by Gasteiger charge is -2.18. The maximum Gasteiger partial charge on any atom is 0.267 e. The molecule has 8 heteroatoms. The smallest absolute Gasteiger partial charge is 0.267 e. The van der Waals surface area contributed by atoms with Crippen LogP contribution >= 0.6 is 39.9 Å². The topological polar surface area (TPSA) is 49.9 Å². The highest BCUT2D eigenvalue weighted by atomic mass is 79.9. The van der Waals surface area contributed by atoms with Gasteiger partial charge in [-0.05, 0) is 37.5 Å². The molecule has 0 bridgehead atoms. The Hall–Kier alpha value is -1.22. The van der Waals surface area contributed by atoms with Crippen LogP contribution in [0.3, 0.4) is 0 Å². The van der Waals surface area contributed by atoms with E-state index in [2.05, 4.69) is 15.9 Å². The summed E-state index contributed by atoms with van der Waals surface area (Å²) < 4.78 is 7.03. The fraction of sp³-hybridized carbons (Fsp3) is 0.421. The molecule has 4 rings (SSSR count). The summed E-state index contributed by atoms with van der Waals surface area (Å²) in [5.74, 6) is -0.310. The molecule has 27 heavy (non-hydrogen) atoms. The van der Waals surface area contributed by atoms with E-state index >= 15 is 0 Å². The minimum Gasteiger partial charge on any atom is -0.376 e. The predicted molar refractivity (Wildman–Crippen MR) is 115 cm³/mol. The molecule has 0 aliphatic carbocycles. The van der Waals surface area contributed by atoms with Crippen molar-refractivity contribution in [3.05, 3.63) is 33.1 Å². The van der Waals surface area contributed by atoms with Crippen molar-refractivity contribution in [3.63, 3.8) is 0 Å². The number of amides is 2. The monoisotopic (exact) mass is 466 g/mol. The number of anilines is 1. The standard InChI is InChI=1S/C19H19BrN2O3S2/c1-2-7-21-14-6-5-11(20)9-13(14)15(17(21)23)16-18(24)22(19(26)27-16)10-12-4-3-8-25-12/h5-6,9,12H,2-4,7-8,10H2,1H3/b16-15-. The first-order valence-corrected chi connectivity index (χ1v) is 11.0. The minimum atomic E-state index is -0.187. The fourth-order valence-electron chi connectivity index (χ4n) is 3.67. The summed E-state index contributed by atoms with van der Waals surface area (Å²) in [5, 5.41) is 0. The van der Waals surface area contributed by atoms with Crippen LogP contribution in [0.15, 0.2) is 27.6 Å². The molecule has 0 N–H and O–H groups in total. The van der Waals surface area contributed by atoms with Crippen molar-refractivity contribution in [2.75, 3.05) is 24.6 Å². The summed E-state index contributed by atoms with van der Waals surface area (Å²) in [6.07, 6.45) is 2.80. The van der Waals surface area contributed by atoms with E-state index in [-0.39, 0.29) is 17.9 Å². The zero-order chi connectivity index (χ0) is 19.1. The second-order valence-electron chi connectivity index (χ2n) is 6.74. The van der Waals surface area contributed by atoms with Gasteiger partial charge in [-0.3, -0.25) is 14.5 Å². The number of halogens is 1. The molecule has 2 saturated heterocycles. The van der Waals surface area contributed by atoms with Crippen molar-refractivity contribution in [1.29, 1.82) is 0 Å². The normalized spacial score (nSPS) is 25.1. The van der Waals surface area contributed by atoms with Gasteiger partial charge >= 0.3 is 0 Å². The number of carbonyl (C=O) groups excluding carboxylic acids is 2. The van der Waals surface area contributed by atoms with E-state index in [0.29, 0.717) is 27.9 Å². The van der Waals surface area contributed by atoms with Gasteiger partial charge in [0.2, 0.25) is 0 Å². The molecule has 1 aromatic carbocycles. The summed E-state index contributed by atoms with van der Waals surface area (Å²) in [6, 6.07) is 5.75. The number of ether oxygens (including phenoxy) is 1. The lowest BCUT2D eigenvalue weighted by Crippen LogP contribution is -2.35. The van der Waals surface area contributed by atoms with Crippen molar-refractivity contribution >= 4 is 67.3 Å². The van der Waals surface area contributed by atoms with Crippen LogP contribution in [0.2, 0.25) is 0 Å². The van der Waals surface area contributed by atoms with Crippen LogP contribution in [-0.2, 0) is 14.3 Å². The third-order valence-electron chi connectivity index (χ3n) is 4.91. The molecule has 142 valence electrons. The van der Waals surface area contributed by atoms with Crippen molar-refractivity contribution in [2.24, 2.45) is 0 Å². The van der Waals surface area contributed by atoms with Crippen molar-refractivity contribution in [3.8, 4) is 0 Å². The Bertz CT molecular complexity index is 865. The average Bonchev–Trinajstić information content (AvgIpc) is 3.31. The van der Waals surface area contributed by atoms with Gasteiger partial charge in [-0.1, -0.05) is 46.8 Å². The van der Waals surface area contributed by atoms with Gasteiger partial charge in [-0.2, -0.15) is 0 Å². The first kappa shape index (κ1) is 19.1. The number of hydrogen-bond acceptors (Lipinski definition) is 5. The first-order valence-electron chi connectivity index (χ1n) is 9.02. The highest BCUT2D eigenvalue weighted by Gasteiger charge is 2.42. The fourth-order valence-corrected chi connectivity index (χ4v) is 5.38. The largest absolute Gasteiger partial charge is 0.376 e. The zero-order valence-corrected chi connectivity index (χ0v) is 18.1. The SMILES string of the molecule is CCCN1C(=O)/C(=C2\SC(=S)N(CC3CCCO3)C2=O)c2cc(Br)ccc21. The van der Waals surface area contributed by atoms with Crippen molar-refractivity contribution in [2.45, 2.75) is 32.3 Å². The van der Waals surface area contributed by atoms with Gasteiger partial charge in [0, 0.05) is 23.2 Å². The number of rotatable bonds is 4. The molecule has 0 radical (unpaired) electrons. The van der Waals surface area contributed by atoms with Gasteiger partial charge in [0.05, 0.1) is 28.8 Å². The Balaban J connectivity index is 1.73. The maximum absolute atomic E-state index is 13.2. The quantitative estimate of drug-likeness (QED) is 0.496. The van der Waals surface area contributed by atoms with Crippen LogP contribution in [0.25, 0.3) is 5.57 Å². The first-order chi connectivity index (χ1) is 13.0. The van der Waals surface area contributed by atoms with E-state index in [9.17, 15) is 9.59 Å². The Morgan fingerprint density at radius 3 is 2.81 bits per heavy atom. The van der Waals surface area contributed by atoms with Crippen LogP contribution in [0.5, 0.6) is 0 Å². The second kappa shape index (κ2) is 7.66. The van der Waals surface area contributed by atoms with E-state index in [1.807, 2.05) is 25.1 Å². The third-order valence-corrected chi connectivity index (χ3v) is 6.85. The Kier molecular flexibility index (Phi) is 5.42. The van der Waals surface area contributed by atoms with E-state index in [0.717, 1.165) is 41.6 Å². The zero-order valence-electron chi connectivity index (χ0n) is 14.9. The molecule has 3 heterocycles. The minimum absolute atomic E-state index is 0.0224. The second-order valence-corrected chi connectivity index (χ2v) is 9.30. The lowest BCUT2D eigenvalue weighted by atomic mass is 10.1. The molecule has 2 fully saturated rings. The molecular weight excluding hydrogens is 448 g/mol. The number of hydrogen-bond donors (Lipinski definition) is 0. The third kappa shape index (κ3) is 3.37. The van der Waals surface area contributed by atoms with Gasteiger partial charge in [0.1, 0.15) is 4.32 Å². The maximum atomic E-state index is 13.2. The summed E-state index contributed by atoms with van der Waals surface area (Å²) >= 11 is 10.2. The van der Waals surface area contributed by atoms with Crippen LogP contribution < -0.4 is 4.90 Å². The van der Waals surface area contributed by atoms with Crippen LogP contribution in [-0.4, -0.2) is 46.8 Å². The molecule has 1 aromatic rings. The summed E-state index contributed by atoms with van der Waals surface area (Å²) in [4.78, 5) is 30.0. The van der Waals surface area contributed by atoms with Crippen LogP contribution in [0, 0.1) is 0 Å². The van der Waals surface area contributed by atoms with E-state index in [1.165, 1.54) is 11.8 Å². The predicted octanol–water partition coefficient (Wildman–Crippen LogP) is 3.96. The van der Waals surface area contributed by atoms with Gasteiger partial charge in [-0.15, -0.1) is 0 Å². The van der Waals surface area contributed by atoms with Crippen LogP contribution in [0.4, 0.5) is 5.69 Å². The highest BCUT2D eigenvalue weighted by Crippen LogP contribution is 2.45. The molecule has 0 saturated carbocycles. The van der Waals surface area contributed by atoms with E-state index in [4.69, 9.17) is 17.0 Å². The highest BCUT2D eigenvalue weighted by molar-refractivity contribution is 9.10. The van der Waals surface area contributed by atoms with Gasteiger partial charge in [0.15, 0.2) is 0 Å². The number of thiocarbonyl (C=S) groups is 1. The van der Waals surface area contributed by atoms with E-state index < -0.39 is 0 Å². The molecule has 1 unspecified atom stereocenters. The molecule has 3 aliphatic heterocycles. The summed E-state index contributed by atoms with van der Waals surface area (Å²) in [7, 11) is 0. The molecule has 3 aliphatic rings. The van der Waals surface area contributed by atoms with Crippen LogP contribution in [0.1, 0.15) is 31.7 Å². The number of nitrogens with zero attached hydrogens (tertiary/aromatic N) is 2. The number of thioether (sulfide) groups is 1.